The van der Waals surface area contributed by atoms with Gasteiger partial charge in [-0.15, -0.1) is 0 Å². The Balaban J connectivity index is 1.17. The molecule has 1 aliphatic heterocycles. The molecular weight excluding hydrogens is 378 g/mol. The van der Waals surface area contributed by atoms with E-state index in [0.717, 1.165) is 38.0 Å². The van der Waals surface area contributed by atoms with Crippen LogP contribution >= 0.6 is 0 Å². The van der Waals surface area contributed by atoms with Crippen molar-refractivity contribution in [2.75, 3.05) is 26.2 Å². The SMILES string of the molecule is O=C(NCCCCN1CCCC1)[C@H]1[C@H](C(=O)NCc2ccco2)[C@H]2C=C[C@H]1C21CC1. The van der Waals surface area contributed by atoms with E-state index in [1.807, 2.05) is 12.1 Å². The number of carbonyl (C=O) groups excluding carboxylic acids is 2. The van der Waals surface area contributed by atoms with Crippen LogP contribution in [-0.4, -0.2) is 42.9 Å². The number of hydrogen-bond donors (Lipinski definition) is 2. The van der Waals surface area contributed by atoms with E-state index in [0.29, 0.717) is 13.1 Å². The molecule has 5 rings (SSSR count). The number of amides is 2. The van der Waals surface area contributed by atoms with E-state index in [2.05, 4.69) is 27.7 Å². The molecule has 1 aromatic heterocycles. The number of rotatable bonds is 9. The van der Waals surface area contributed by atoms with Gasteiger partial charge in [0.25, 0.3) is 0 Å². The van der Waals surface area contributed by atoms with Gasteiger partial charge in [0.2, 0.25) is 11.8 Å². The van der Waals surface area contributed by atoms with Gasteiger partial charge in [0.15, 0.2) is 0 Å². The molecule has 1 spiro atoms. The molecule has 2 bridgehead atoms. The molecule has 0 radical (unpaired) electrons. The van der Waals surface area contributed by atoms with Crippen LogP contribution in [0.2, 0.25) is 0 Å². The van der Waals surface area contributed by atoms with Crippen molar-refractivity contribution in [3.63, 3.8) is 0 Å². The van der Waals surface area contributed by atoms with E-state index >= 15 is 0 Å². The second-order valence-corrected chi connectivity index (χ2v) is 9.57. The van der Waals surface area contributed by atoms with Gasteiger partial charge in [-0.25, -0.2) is 0 Å². The van der Waals surface area contributed by atoms with Gasteiger partial charge in [0.05, 0.1) is 24.6 Å². The molecule has 4 aliphatic rings. The van der Waals surface area contributed by atoms with Gasteiger partial charge >= 0.3 is 0 Å². The highest BCUT2D eigenvalue weighted by Gasteiger charge is 2.69. The fourth-order valence-corrected chi connectivity index (χ4v) is 6.21. The summed E-state index contributed by atoms with van der Waals surface area (Å²) >= 11 is 0. The number of nitrogens with zero attached hydrogens (tertiary/aromatic N) is 1. The van der Waals surface area contributed by atoms with E-state index in [9.17, 15) is 9.59 Å². The van der Waals surface area contributed by atoms with Gasteiger partial charge in [-0.1, -0.05) is 12.2 Å². The molecule has 3 fully saturated rings. The average Bonchev–Trinajstić information content (AvgIpc) is 3.15. The standard InChI is InChI=1S/C24H33N3O3/c28-22(25-11-1-2-12-27-13-3-4-14-27)20-18-7-8-19(24(18)9-10-24)21(20)23(29)26-16-17-6-5-15-30-17/h5-8,15,18-21H,1-4,9-14,16H2,(H,25,28)(H,26,29)/t18-,19-,20-,21-/m1/s1. The number of allylic oxidation sites excluding steroid dienone is 2. The summed E-state index contributed by atoms with van der Waals surface area (Å²) in [4.78, 5) is 28.8. The monoisotopic (exact) mass is 411 g/mol. The first-order chi connectivity index (χ1) is 14.7. The Hall–Kier alpha value is -2.08. The number of unbranched alkanes of at least 4 members (excludes halogenated alkanes) is 1. The molecule has 2 amide bonds. The number of hydrogen-bond acceptors (Lipinski definition) is 4. The molecule has 4 atom stereocenters. The van der Waals surface area contributed by atoms with E-state index < -0.39 is 0 Å². The Morgan fingerprint density at radius 3 is 2.37 bits per heavy atom. The van der Waals surface area contributed by atoms with E-state index in [-0.39, 0.29) is 40.9 Å². The smallest absolute Gasteiger partial charge is 0.224 e. The molecule has 2 heterocycles. The van der Waals surface area contributed by atoms with Crippen LogP contribution in [0.15, 0.2) is 35.0 Å². The second-order valence-electron chi connectivity index (χ2n) is 9.57. The predicted molar refractivity (Wildman–Crippen MR) is 113 cm³/mol. The number of nitrogens with one attached hydrogen (secondary N) is 2. The zero-order valence-corrected chi connectivity index (χ0v) is 17.6. The maximum absolute atomic E-state index is 13.2. The van der Waals surface area contributed by atoms with Crippen molar-refractivity contribution in [2.24, 2.45) is 29.1 Å². The van der Waals surface area contributed by atoms with Crippen LogP contribution in [0.25, 0.3) is 0 Å². The predicted octanol–water partition coefficient (Wildman–Crippen LogP) is 2.72. The van der Waals surface area contributed by atoms with Crippen molar-refractivity contribution in [3.05, 3.63) is 36.3 Å². The molecule has 1 saturated heterocycles. The highest BCUT2D eigenvalue weighted by Crippen LogP contribution is 2.72. The molecule has 6 heteroatoms. The lowest BCUT2D eigenvalue weighted by molar-refractivity contribution is -0.135. The third kappa shape index (κ3) is 3.59. The summed E-state index contributed by atoms with van der Waals surface area (Å²) in [5, 5.41) is 6.18. The largest absolute Gasteiger partial charge is 0.467 e. The Morgan fingerprint density at radius 2 is 1.73 bits per heavy atom. The lowest BCUT2D eigenvalue weighted by atomic mass is 9.81. The molecule has 3 aliphatic carbocycles. The summed E-state index contributed by atoms with van der Waals surface area (Å²) in [6.45, 7) is 4.66. The summed E-state index contributed by atoms with van der Waals surface area (Å²) in [7, 11) is 0. The van der Waals surface area contributed by atoms with Gasteiger partial charge in [-0.2, -0.15) is 0 Å². The topological polar surface area (TPSA) is 74.6 Å². The fraction of sp³-hybridized carbons (Fsp3) is 0.667. The Labute approximate surface area is 178 Å². The van der Waals surface area contributed by atoms with Crippen LogP contribution < -0.4 is 10.6 Å². The Kier molecular flexibility index (Phi) is 5.44. The van der Waals surface area contributed by atoms with Crippen molar-refractivity contribution >= 4 is 11.8 Å². The highest BCUT2D eigenvalue weighted by atomic mass is 16.3. The average molecular weight is 412 g/mol. The highest BCUT2D eigenvalue weighted by molar-refractivity contribution is 5.90. The summed E-state index contributed by atoms with van der Waals surface area (Å²) < 4.78 is 5.34. The molecule has 6 nitrogen and oxygen atoms in total. The maximum Gasteiger partial charge on any atom is 0.224 e. The van der Waals surface area contributed by atoms with Gasteiger partial charge < -0.3 is 20.0 Å². The van der Waals surface area contributed by atoms with Crippen molar-refractivity contribution in [2.45, 2.75) is 45.1 Å². The minimum absolute atomic E-state index is 0.0105. The number of furan rings is 1. The lowest BCUT2D eigenvalue weighted by Gasteiger charge is -2.26. The summed E-state index contributed by atoms with van der Waals surface area (Å²) in [5.74, 6) is 0.708. The molecular formula is C24H33N3O3. The first kappa shape index (κ1) is 19.9. The molecule has 2 N–H and O–H groups in total. The number of carbonyl (C=O) groups is 2. The van der Waals surface area contributed by atoms with Crippen molar-refractivity contribution in [3.8, 4) is 0 Å². The van der Waals surface area contributed by atoms with Crippen LogP contribution in [0.4, 0.5) is 0 Å². The first-order valence-electron chi connectivity index (χ1n) is 11.7. The Morgan fingerprint density at radius 1 is 1.03 bits per heavy atom. The van der Waals surface area contributed by atoms with Crippen LogP contribution in [-0.2, 0) is 16.1 Å². The minimum Gasteiger partial charge on any atom is -0.467 e. The van der Waals surface area contributed by atoms with Gasteiger partial charge in [0.1, 0.15) is 5.76 Å². The van der Waals surface area contributed by atoms with Crippen molar-refractivity contribution < 1.29 is 14.0 Å². The van der Waals surface area contributed by atoms with Crippen LogP contribution in [0.3, 0.4) is 0 Å². The Bertz CT molecular complexity index is 793. The minimum atomic E-state index is -0.262. The fourth-order valence-electron chi connectivity index (χ4n) is 6.21. The van der Waals surface area contributed by atoms with Gasteiger partial charge in [-0.05, 0) is 87.5 Å². The van der Waals surface area contributed by atoms with Crippen molar-refractivity contribution in [1.82, 2.24) is 15.5 Å². The maximum atomic E-state index is 13.2. The van der Waals surface area contributed by atoms with Gasteiger partial charge in [-0.3, -0.25) is 9.59 Å². The van der Waals surface area contributed by atoms with Gasteiger partial charge in [0, 0.05) is 6.54 Å². The summed E-state index contributed by atoms with van der Waals surface area (Å²) in [5.41, 5.74) is 0.171. The van der Waals surface area contributed by atoms with E-state index in [4.69, 9.17) is 4.42 Å². The third-order valence-electron chi connectivity index (χ3n) is 7.86. The molecule has 2 saturated carbocycles. The van der Waals surface area contributed by atoms with Crippen LogP contribution in [0.1, 0.15) is 44.3 Å². The molecule has 30 heavy (non-hydrogen) atoms. The van der Waals surface area contributed by atoms with Crippen LogP contribution in [0, 0.1) is 29.1 Å². The molecule has 0 unspecified atom stereocenters. The zero-order chi connectivity index (χ0) is 20.6. The normalized spacial score (nSPS) is 30.8. The first-order valence-corrected chi connectivity index (χ1v) is 11.7. The second kappa shape index (κ2) is 8.22. The zero-order valence-electron chi connectivity index (χ0n) is 17.6. The molecule has 0 aromatic carbocycles. The summed E-state index contributed by atoms with van der Waals surface area (Å²) in [6, 6.07) is 3.68. The quantitative estimate of drug-likeness (QED) is 0.484. The van der Waals surface area contributed by atoms with E-state index in [1.54, 1.807) is 6.26 Å². The number of likely N-dealkylation sites (tertiary alicyclic amines) is 1. The summed E-state index contributed by atoms with van der Waals surface area (Å²) in [6.07, 6.45) is 13.1. The molecule has 162 valence electrons. The van der Waals surface area contributed by atoms with E-state index in [1.165, 1.54) is 25.9 Å². The lowest BCUT2D eigenvalue weighted by Crippen LogP contribution is -2.44. The van der Waals surface area contributed by atoms with Crippen LogP contribution in [0.5, 0.6) is 0 Å². The van der Waals surface area contributed by atoms with Crippen molar-refractivity contribution in [1.29, 1.82) is 0 Å². The third-order valence-corrected chi connectivity index (χ3v) is 7.86. The molecule has 1 aromatic rings.